The van der Waals surface area contributed by atoms with E-state index in [1.165, 1.54) is 17.4 Å². The lowest BCUT2D eigenvalue weighted by Gasteiger charge is -2.16. The second kappa shape index (κ2) is 9.44. The van der Waals surface area contributed by atoms with Crippen LogP contribution in [0.3, 0.4) is 0 Å². The quantitative estimate of drug-likeness (QED) is 0.558. The first-order valence-corrected chi connectivity index (χ1v) is 11.0. The summed E-state index contributed by atoms with van der Waals surface area (Å²) in [4.78, 5) is 18.4. The fourth-order valence-corrected chi connectivity index (χ4v) is 4.04. The topological polar surface area (TPSA) is 86.2 Å². The predicted octanol–water partition coefficient (Wildman–Crippen LogP) is 4.59. The molecule has 0 saturated carbocycles. The van der Waals surface area contributed by atoms with Gasteiger partial charge in [-0.2, -0.15) is 18.3 Å². The van der Waals surface area contributed by atoms with Crippen LogP contribution in [0.25, 0.3) is 10.6 Å². The Balaban J connectivity index is 1.56. The van der Waals surface area contributed by atoms with E-state index in [0.717, 1.165) is 27.9 Å². The molecule has 1 fully saturated rings. The molecule has 1 amide bonds. The second-order valence-corrected chi connectivity index (χ2v) is 8.90. The Hall–Kier alpha value is -3.05. The van der Waals surface area contributed by atoms with Gasteiger partial charge >= 0.3 is 6.18 Å². The van der Waals surface area contributed by atoms with Crippen molar-refractivity contribution in [1.82, 2.24) is 20.5 Å². The minimum absolute atomic E-state index is 0.101. The van der Waals surface area contributed by atoms with E-state index in [0.29, 0.717) is 24.5 Å². The van der Waals surface area contributed by atoms with Gasteiger partial charge in [0.2, 0.25) is 0 Å². The molecule has 33 heavy (non-hydrogen) atoms. The molecular weight excluding hydrogens is 457 g/mol. The van der Waals surface area contributed by atoms with E-state index in [9.17, 15) is 18.0 Å². The van der Waals surface area contributed by atoms with Crippen molar-refractivity contribution in [3.63, 3.8) is 0 Å². The number of hydrogen-bond acceptors (Lipinski definition) is 7. The van der Waals surface area contributed by atoms with Crippen LogP contribution in [-0.2, 0) is 10.9 Å². The summed E-state index contributed by atoms with van der Waals surface area (Å²) in [7, 11) is 0. The van der Waals surface area contributed by atoms with Crippen molar-refractivity contribution >= 4 is 17.2 Å². The number of ether oxygens (including phenoxy) is 2. The van der Waals surface area contributed by atoms with Crippen molar-refractivity contribution < 1.29 is 27.4 Å². The Morgan fingerprint density at radius 1 is 1.27 bits per heavy atom. The van der Waals surface area contributed by atoms with Gasteiger partial charge in [-0.1, -0.05) is 0 Å². The lowest BCUT2D eigenvalue weighted by molar-refractivity contribution is -0.141. The number of benzene rings is 1. The van der Waals surface area contributed by atoms with Gasteiger partial charge < -0.3 is 14.8 Å². The van der Waals surface area contributed by atoms with Gasteiger partial charge in [-0.05, 0) is 44.2 Å². The van der Waals surface area contributed by atoms with E-state index in [2.05, 4.69) is 20.5 Å². The van der Waals surface area contributed by atoms with Crippen LogP contribution in [0.2, 0.25) is 0 Å². The normalized spacial score (nSPS) is 17.1. The number of amides is 1. The van der Waals surface area contributed by atoms with Crippen LogP contribution in [0.1, 0.15) is 46.0 Å². The summed E-state index contributed by atoms with van der Waals surface area (Å²) in [5, 5.41) is 10.3. The van der Waals surface area contributed by atoms with Gasteiger partial charge in [0.25, 0.3) is 5.91 Å². The molecule has 1 aliphatic rings. The van der Waals surface area contributed by atoms with Gasteiger partial charge in [0, 0.05) is 28.6 Å². The van der Waals surface area contributed by atoms with E-state index in [-0.39, 0.29) is 11.8 Å². The molecule has 3 aromatic rings. The average Bonchev–Trinajstić information content (AvgIpc) is 3.44. The Morgan fingerprint density at radius 3 is 2.70 bits per heavy atom. The minimum atomic E-state index is -4.58. The zero-order chi connectivity index (χ0) is 23.6. The molecule has 1 aliphatic heterocycles. The van der Waals surface area contributed by atoms with Crippen LogP contribution in [0.4, 0.5) is 13.2 Å². The standard InChI is InChI=1S/C22H21F3N4O3S/c1-12-10-26-21(33-12)15-7-14(8-17(9-15)32-16-5-6-31-11-16)20(30)27-13(2)18-3-4-19(29-28-18)22(23,24)25/h3-4,7-10,13,16H,5-6,11H2,1-2H3,(H,27,30)/t13?,16-/m1/s1. The number of carbonyl (C=O) groups excluding carboxylic acids is 1. The highest BCUT2D eigenvalue weighted by molar-refractivity contribution is 7.14. The van der Waals surface area contributed by atoms with Crippen LogP contribution in [-0.4, -0.2) is 40.4 Å². The van der Waals surface area contributed by atoms with Crippen LogP contribution in [0.5, 0.6) is 5.75 Å². The van der Waals surface area contributed by atoms with Crippen LogP contribution in [0.15, 0.2) is 36.5 Å². The van der Waals surface area contributed by atoms with Gasteiger partial charge in [0.15, 0.2) is 5.69 Å². The predicted molar refractivity (Wildman–Crippen MR) is 115 cm³/mol. The maximum Gasteiger partial charge on any atom is 0.435 e. The van der Waals surface area contributed by atoms with Crippen LogP contribution >= 0.6 is 11.3 Å². The molecule has 3 heterocycles. The molecule has 1 saturated heterocycles. The van der Waals surface area contributed by atoms with Gasteiger partial charge in [0.05, 0.1) is 24.9 Å². The van der Waals surface area contributed by atoms with Crippen LogP contribution in [0, 0.1) is 6.92 Å². The van der Waals surface area contributed by atoms with Crippen molar-refractivity contribution in [1.29, 1.82) is 0 Å². The van der Waals surface area contributed by atoms with Gasteiger partial charge in [0.1, 0.15) is 16.9 Å². The molecule has 1 N–H and O–H groups in total. The highest BCUT2D eigenvalue weighted by atomic mass is 32.1. The van der Waals surface area contributed by atoms with Crippen molar-refractivity contribution in [3.8, 4) is 16.3 Å². The Morgan fingerprint density at radius 2 is 2.09 bits per heavy atom. The van der Waals surface area contributed by atoms with E-state index in [4.69, 9.17) is 9.47 Å². The van der Waals surface area contributed by atoms with E-state index in [1.807, 2.05) is 13.0 Å². The molecule has 0 aliphatic carbocycles. The average molecular weight is 478 g/mol. The number of hydrogen-bond donors (Lipinski definition) is 1. The molecule has 11 heteroatoms. The zero-order valence-electron chi connectivity index (χ0n) is 17.8. The highest BCUT2D eigenvalue weighted by Crippen LogP contribution is 2.31. The molecule has 0 spiro atoms. The summed E-state index contributed by atoms with van der Waals surface area (Å²) in [5.74, 6) is 0.0924. The summed E-state index contributed by atoms with van der Waals surface area (Å²) in [6, 6.07) is 6.54. The zero-order valence-corrected chi connectivity index (χ0v) is 18.7. The molecule has 2 atom stereocenters. The third-order valence-corrected chi connectivity index (χ3v) is 5.96. The van der Waals surface area contributed by atoms with Crippen molar-refractivity contribution in [2.75, 3.05) is 13.2 Å². The number of aromatic nitrogens is 3. The number of aryl methyl sites for hydroxylation is 1. The fourth-order valence-electron chi connectivity index (χ4n) is 3.29. The van der Waals surface area contributed by atoms with Gasteiger partial charge in [-0.25, -0.2) is 4.98 Å². The smallest absolute Gasteiger partial charge is 0.435 e. The maximum atomic E-state index is 13.0. The molecule has 174 valence electrons. The van der Waals surface area contributed by atoms with E-state index in [1.54, 1.807) is 25.3 Å². The first-order chi connectivity index (χ1) is 15.7. The van der Waals surface area contributed by atoms with Crippen LogP contribution < -0.4 is 10.1 Å². The maximum absolute atomic E-state index is 13.0. The number of halogens is 3. The second-order valence-electron chi connectivity index (χ2n) is 7.66. The van der Waals surface area contributed by atoms with Crippen molar-refractivity contribution in [3.05, 3.63) is 58.4 Å². The number of thiazole rings is 1. The lowest BCUT2D eigenvalue weighted by Crippen LogP contribution is -2.28. The number of nitrogens with one attached hydrogen (secondary N) is 1. The summed E-state index contributed by atoms with van der Waals surface area (Å²) in [5.41, 5.74) is 0.189. The monoisotopic (exact) mass is 478 g/mol. The Labute approximate surface area is 192 Å². The third kappa shape index (κ3) is 5.66. The summed E-state index contributed by atoms with van der Waals surface area (Å²) in [6.07, 6.45) is -2.17. The largest absolute Gasteiger partial charge is 0.488 e. The molecule has 0 radical (unpaired) electrons. The van der Waals surface area contributed by atoms with E-state index < -0.39 is 23.8 Å². The van der Waals surface area contributed by atoms with Crippen molar-refractivity contribution in [2.45, 2.75) is 38.6 Å². The molecule has 7 nitrogen and oxygen atoms in total. The lowest BCUT2D eigenvalue weighted by atomic mass is 10.1. The Bertz CT molecular complexity index is 1130. The molecule has 4 rings (SSSR count). The summed E-state index contributed by atoms with van der Waals surface area (Å²) < 4.78 is 49.5. The van der Waals surface area contributed by atoms with Gasteiger partial charge in [-0.3, -0.25) is 4.79 Å². The third-order valence-electron chi connectivity index (χ3n) is 4.99. The fraction of sp³-hybridized carbons (Fsp3) is 0.364. The number of rotatable bonds is 6. The molecule has 1 aromatic carbocycles. The highest BCUT2D eigenvalue weighted by Gasteiger charge is 2.33. The Kier molecular flexibility index (Phi) is 6.61. The number of alkyl halides is 3. The van der Waals surface area contributed by atoms with Gasteiger partial charge in [-0.15, -0.1) is 16.4 Å². The molecule has 1 unspecified atom stereocenters. The molecule has 2 aromatic heterocycles. The number of nitrogens with zero attached hydrogens (tertiary/aromatic N) is 3. The SMILES string of the molecule is Cc1cnc(-c2cc(O[C@@H]3CCOC3)cc(C(=O)NC(C)c3ccc(C(F)(F)F)nn3)c2)s1. The first kappa shape index (κ1) is 23.1. The molecular formula is C22H21F3N4O3S. The van der Waals surface area contributed by atoms with Crippen molar-refractivity contribution in [2.24, 2.45) is 0 Å². The number of carbonyl (C=O) groups is 1. The minimum Gasteiger partial charge on any atom is -0.488 e. The molecule has 0 bridgehead atoms. The summed E-state index contributed by atoms with van der Waals surface area (Å²) in [6.45, 7) is 4.66. The van der Waals surface area contributed by atoms with E-state index >= 15 is 0 Å². The summed E-state index contributed by atoms with van der Waals surface area (Å²) >= 11 is 1.49. The first-order valence-electron chi connectivity index (χ1n) is 10.2.